The summed E-state index contributed by atoms with van der Waals surface area (Å²) in [6.45, 7) is 8.71. The zero-order chi connectivity index (χ0) is 12.1. The molecule has 0 radical (unpaired) electrons. The van der Waals surface area contributed by atoms with E-state index in [9.17, 15) is 0 Å². The van der Waals surface area contributed by atoms with E-state index in [1.165, 1.54) is 22.3 Å². The first-order chi connectivity index (χ1) is 7.38. The van der Waals surface area contributed by atoms with Crippen molar-refractivity contribution in [2.75, 3.05) is 7.11 Å². The van der Waals surface area contributed by atoms with Crippen LogP contribution in [0.4, 0.5) is 0 Å². The van der Waals surface area contributed by atoms with Crippen molar-refractivity contribution in [3.63, 3.8) is 0 Å². The molecule has 88 valence electrons. The van der Waals surface area contributed by atoms with Gasteiger partial charge in [0.15, 0.2) is 0 Å². The van der Waals surface area contributed by atoms with Gasteiger partial charge in [-0.05, 0) is 42.4 Å². The van der Waals surface area contributed by atoms with E-state index in [4.69, 9.17) is 10.5 Å². The quantitative estimate of drug-likeness (QED) is 0.788. The highest BCUT2D eigenvalue weighted by Crippen LogP contribution is 2.49. The lowest BCUT2D eigenvalue weighted by Crippen LogP contribution is -2.25. The van der Waals surface area contributed by atoms with E-state index in [0.717, 1.165) is 12.2 Å². The van der Waals surface area contributed by atoms with Gasteiger partial charge in [0.2, 0.25) is 0 Å². The largest absolute Gasteiger partial charge is 0.496 e. The van der Waals surface area contributed by atoms with Crippen LogP contribution in [0.15, 0.2) is 6.07 Å². The molecule has 1 aromatic rings. The van der Waals surface area contributed by atoms with Crippen molar-refractivity contribution in [2.45, 2.75) is 40.2 Å². The van der Waals surface area contributed by atoms with Crippen LogP contribution >= 0.6 is 0 Å². The molecule has 0 spiro atoms. The van der Waals surface area contributed by atoms with E-state index in [1.807, 2.05) is 0 Å². The fraction of sp³-hybridized carbons (Fsp3) is 0.571. The molecule has 0 aromatic heterocycles. The summed E-state index contributed by atoms with van der Waals surface area (Å²) in [5.74, 6) is 0.985. The number of fused-ring (bicyclic) bond motifs is 1. The highest BCUT2D eigenvalue weighted by molar-refractivity contribution is 5.55. The number of hydrogen-bond donors (Lipinski definition) is 1. The van der Waals surface area contributed by atoms with Crippen molar-refractivity contribution in [3.05, 3.63) is 28.3 Å². The molecule has 0 bridgehead atoms. The summed E-state index contributed by atoms with van der Waals surface area (Å²) >= 11 is 0. The summed E-state index contributed by atoms with van der Waals surface area (Å²) in [4.78, 5) is 0. The highest BCUT2D eigenvalue weighted by atomic mass is 16.5. The Morgan fingerprint density at radius 1 is 1.31 bits per heavy atom. The Kier molecular flexibility index (Phi) is 2.50. The molecule has 0 saturated heterocycles. The average molecular weight is 219 g/mol. The molecule has 1 aliphatic carbocycles. The van der Waals surface area contributed by atoms with Crippen LogP contribution in [0.5, 0.6) is 5.75 Å². The second-order valence-electron chi connectivity index (χ2n) is 5.58. The minimum atomic E-state index is 0.0797. The Morgan fingerprint density at radius 2 is 1.94 bits per heavy atom. The SMILES string of the molecule is COc1c(C)cc(C)c2c1[C@H](N)C(C)(C)C2. The predicted molar refractivity (Wildman–Crippen MR) is 66.9 cm³/mol. The number of nitrogens with two attached hydrogens (primary N) is 1. The maximum Gasteiger partial charge on any atom is 0.126 e. The number of rotatable bonds is 1. The van der Waals surface area contributed by atoms with Crippen LogP contribution in [0.1, 0.15) is 42.1 Å². The van der Waals surface area contributed by atoms with Gasteiger partial charge in [-0.15, -0.1) is 0 Å². The minimum Gasteiger partial charge on any atom is -0.496 e. The maximum atomic E-state index is 6.36. The van der Waals surface area contributed by atoms with Crippen molar-refractivity contribution in [2.24, 2.45) is 11.1 Å². The van der Waals surface area contributed by atoms with Crippen molar-refractivity contribution in [1.82, 2.24) is 0 Å². The molecule has 2 N–H and O–H groups in total. The first-order valence-electron chi connectivity index (χ1n) is 5.81. The molecule has 0 fully saturated rings. The van der Waals surface area contributed by atoms with Gasteiger partial charge in [-0.3, -0.25) is 0 Å². The fourth-order valence-corrected chi connectivity index (χ4v) is 2.83. The van der Waals surface area contributed by atoms with Crippen LogP contribution in [0, 0.1) is 19.3 Å². The fourth-order valence-electron chi connectivity index (χ4n) is 2.83. The molecule has 0 amide bonds. The van der Waals surface area contributed by atoms with Crippen molar-refractivity contribution >= 4 is 0 Å². The van der Waals surface area contributed by atoms with Crippen molar-refractivity contribution < 1.29 is 4.74 Å². The standard InChI is InChI=1S/C14H21NO/c1-8-6-9(2)12(16-5)11-10(8)7-14(3,4)13(11)15/h6,13H,7,15H2,1-5H3/t13-/m0/s1. The molecule has 0 unspecified atom stereocenters. The highest BCUT2D eigenvalue weighted by Gasteiger charge is 2.39. The van der Waals surface area contributed by atoms with Gasteiger partial charge in [-0.1, -0.05) is 19.9 Å². The van der Waals surface area contributed by atoms with Gasteiger partial charge in [0.05, 0.1) is 7.11 Å². The maximum absolute atomic E-state index is 6.36. The van der Waals surface area contributed by atoms with Gasteiger partial charge in [0.1, 0.15) is 5.75 Å². The molecular weight excluding hydrogens is 198 g/mol. The number of hydrogen-bond acceptors (Lipinski definition) is 2. The molecule has 1 atom stereocenters. The second kappa shape index (κ2) is 3.49. The lowest BCUT2D eigenvalue weighted by atomic mass is 9.86. The normalized spacial score (nSPS) is 22.0. The third kappa shape index (κ3) is 1.44. The Morgan fingerprint density at radius 3 is 2.50 bits per heavy atom. The predicted octanol–water partition coefficient (Wildman–Crippen LogP) is 2.89. The van der Waals surface area contributed by atoms with Gasteiger partial charge < -0.3 is 10.5 Å². The van der Waals surface area contributed by atoms with Crippen LogP contribution in [-0.2, 0) is 6.42 Å². The van der Waals surface area contributed by atoms with Crippen molar-refractivity contribution in [1.29, 1.82) is 0 Å². The Bertz CT molecular complexity index is 435. The molecule has 0 heterocycles. The first kappa shape index (κ1) is 11.5. The molecule has 2 heteroatoms. The molecule has 1 aliphatic rings. The molecule has 0 saturated carbocycles. The Balaban J connectivity index is 2.69. The zero-order valence-corrected chi connectivity index (χ0v) is 10.8. The Hall–Kier alpha value is -1.02. The van der Waals surface area contributed by atoms with Crippen LogP contribution in [0.25, 0.3) is 0 Å². The van der Waals surface area contributed by atoms with Gasteiger partial charge >= 0.3 is 0 Å². The molecular formula is C14H21NO. The summed E-state index contributed by atoms with van der Waals surface area (Å²) < 4.78 is 5.53. The number of benzene rings is 1. The van der Waals surface area contributed by atoms with Crippen LogP contribution in [-0.4, -0.2) is 7.11 Å². The first-order valence-corrected chi connectivity index (χ1v) is 5.81. The van der Waals surface area contributed by atoms with E-state index in [1.54, 1.807) is 7.11 Å². The van der Waals surface area contributed by atoms with Crippen LogP contribution < -0.4 is 10.5 Å². The third-order valence-corrected chi connectivity index (χ3v) is 3.83. The minimum absolute atomic E-state index is 0.0797. The Labute approximate surface area is 97.8 Å². The van der Waals surface area contributed by atoms with Gasteiger partial charge in [0.25, 0.3) is 0 Å². The van der Waals surface area contributed by atoms with Crippen LogP contribution in [0.2, 0.25) is 0 Å². The summed E-state index contributed by atoms with van der Waals surface area (Å²) in [7, 11) is 1.73. The molecule has 2 nitrogen and oxygen atoms in total. The number of ether oxygens (including phenoxy) is 1. The molecule has 2 rings (SSSR count). The second-order valence-corrected chi connectivity index (χ2v) is 5.58. The van der Waals surface area contributed by atoms with Gasteiger partial charge in [-0.25, -0.2) is 0 Å². The lowest BCUT2D eigenvalue weighted by molar-refractivity contribution is 0.311. The third-order valence-electron chi connectivity index (χ3n) is 3.83. The summed E-state index contributed by atoms with van der Waals surface area (Å²) in [6, 6.07) is 2.28. The topological polar surface area (TPSA) is 35.2 Å². The van der Waals surface area contributed by atoms with E-state index >= 15 is 0 Å². The van der Waals surface area contributed by atoms with Gasteiger partial charge in [-0.2, -0.15) is 0 Å². The summed E-state index contributed by atoms with van der Waals surface area (Å²) in [5.41, 5.74) is 11.6. The molecule has 0 aliphatic heterocycles. The molecule has 1 aromatic carbocycles. The zero-order valence-electron chi connectivity index (χ0n) is 10.8. The summed E-state index contributed by atoms with van der Waals surface area (Å²) in [6.07, 6.45) is 1.05. The monoisotopic (exact) mass is 219 g/mol. The number of methoxy groups -OCH3 is 1. The van der Waals surface area contributed by atoms with E-state index in [-0.39, 0.29) is 11.5 Å². The number of aryl methyl sites for hydroxylation is 2. The molecule has 16 heavy (non-hydrogen) atoms. The summed E-state index contributed by atoms with van der Waals surface area (Å²) in [5, 5.41) is 0. The van der Waals surface area contributed by atoms with E-state index in [2.05, 4.69) is 33.8 Å². The van der Waals surface area contributed by atoms with E-state index in [0.29, 0.717) is 0 Å². The van der Waals surface area contributed by atoms with E-state index < -0.39 is 0 Å². The van der Waals surface area contributed by atoms with Crippen molar-refractivity contribution in [3.8, 4) is 5.75 Å². The smallest absolute Gasteiger partial charge is 0.126 e. The van der Waals surface area contributed by atoms with Gasteiger partial charge in [0, 0.05) is 11.6 Å². The van der Waals surface area contributed by atoms with Crippen LogP contribution in [0.3, 0.4) is 0 Å². The lowest BCUT2D eigenvalue weighted by Gasteiger charge is -2.24. The average Bonchev–Trinajstić information content (AvgIpc) is 2.42.